The number of aryl methyl sites for hydroxylation is 1. The quantitative estimate of drug-likeness (QED) is 0.676. The van der Waals surface area contributed by atoms with Crippen LogP contribution < -0.4 is 11.3 Å². The minimum absolute atomic E-state index is 0.199. The third-order valence-corrected chi connectivity index (χ3v) is 2.13. The summed E-state index contributed by atoms with van der Waals surface area (Å²) in [7, 11) is 1.55. The van der Waals surface area contributed by atoms with Gasteiger partial charge in [0.05, 0.1) is 0 Å². The maximum atomic E-state index is 11.0. The summed E-state index contributed by atoms with van der Waals surface area (Å²) in [4.78, 5) is 21.8. The fraction of sp³-hybridized carbons (Fsp3) is 0.333. The van der Waals surface area contributed by atoms with E-state index in [1.807, 2.05) is 0 Å². The Morgan fingerprint density at radius 2 is 2.14 bits per heavy atom. The maximum Gasteiger partial charge on any atom is 0.328 e. The van der Waals surface area contributed by atoms with E-state index in [0.717, 1.165) is 0 Å². The van der Waals surface area contributed by atoms with E-state index in [0.29, 0.717) is 5.56 Å². The molecule has 1 aromatic rings. The summed E-state index contributed by atoms with van der Waals surface area (Å²) in [6.45, 7) is 1.38. The van der Waals surface area contributed by atoms with Crippen molar-refractivity contribution in [2.24, 2.45) is 12.8 Å². The highest BCUT2D eigenvalue weighted by molar-refractivity contribution is 5.79. The van der Waals surface area contributed by atoms with Crippen LogP contribution in [0.3, 0.4) is 0 Å². The normalized spacial score (nSPS) is 14.8. The molecule has 0 aromatic carbocycles. The molecule has 0 bridgehead atoms. The Labute approximate surface area is 80.8 Å². The highest BCUT2D eigenvalue weighted by Crippen LogP contribution is 2.15. The zero-order valence-corrected chi connectivity index (χ0v) is 8.02. The van der Waals surface area contributed by atoms with Gasteiger partial charge in [0.25, 0.3) is 0 Å². The molecule has 1 rings (SSSR count). The molecule has 76 valence electrons. The molecule has 14 heavy (non-hydrogen) atoms. The number of hydrogen-bond acceptors (Lipinski definition) is 3. The Balaban J connectivity index is 3.27. The van der Waals surface area contributed by atoms with Gasteiger partial charge in [-0.2, -0.15) is 0 Å². The van der Waals surface area contributed by atoms with Crippen LogP contribution in [-0.4, -0.2) is 15.6 Å². The monoisotopic (exact) mass is 196 g/mol. The van der Waals surface area contributed by atoms with Crippen LogP contribution >= 0.6 is 0 Å². The number of aromatic nitrogens is 1. The summed E-state index contributed by atoms with van der Waals surface area (Å²) in [5, 5.41) is 8.84. The van der Waals surface area contributed by atoms with Crippen LogP contribution in [0.25, 0.3) is 0 Å². The molecule has 0 saturated heterocycles. The van der Waals surface area contributed by atoms with Crippen molar-refractivity contribution in [2.75, 3.05) is 0 Å². The summed E-state index contributed by atoms with van der Waals surface area (Å²) in [5.41, 5.74) is 4.31. The summed E-state index contributed by atoms with van der Waals surface area (Å²) < 4.78 is 1.30. The smallest absolute Gasteiger partial charge is 0.328 e. The molecular weight excluding hydrogens is 184 g/mol. The van der Waals surface area contributed by atoms with Gasteiger partial charge in [-0.3, -0.25) is 4.79 Å². The Morgan fingerprint density at radius 3 is 2.57 bits per heavy atom. The predicted octanol–water partition coefficient (Wildman–Crippen LogP) is -0.356. The molecule has 5 heteroatoms. The van der Waals surface area contributed by atoms with Gasteiger partial charge >= 0.3 is 5.97 Å². The van der Waals surface area contributed by atoms with Gasteiger partial charge < -0.3 is 15.4 Å². The molecule has 0 aliphatic rings. The molecule has 0 spiro atoms. The maximum absolute atomic E-state index is 11.0. The van der Waals surface area contributed by atoms with Gasteiger partial charge in [0.1, 0.15) is 5.54 Å². The Kier molecular flexibility index (Phi) is 2.44. The predicted molar refractivity (Wildman–Crippen MR) is 50.9 cm³/mol. The van der Waals surface area contributed by atoms with E-state index in [4.69, 9.17) is 10.8 Å². The minimum Gasteiger partial charge on any atom is -0.480 e. The average Bonchev–Trinajstić information content (AvgIpc) is 2.09. The third-order valence-electron chi connectivity index (χ3n) is 2.13. The lowest BCUT2D eigenvalue weighted by atomic mass is 9.95. The molecule has 0 fully saturated rings. The second-order valence-corrected chi connectivity index (χ2v) is 3.37. The Morgan fingerprint density at radius 1 is 1.57 bits per heavy atom. The number of aliphatic carboxylic acids is 1. The standard InChI is InChI=1S/C9H12N2O3/c1-9(10,8(13)14)6-3-4-7(12)11(2)5-6/h3-5H,10H2,1-2H3,(H,13,14)/t9-/m1/s1. The topological polar surface area (TPSA) is 85.3 Å². The number of nitrogens with zero attached hydrogens (tertiary/aromatic N) is 1. The number of carbonyl (C=O) groups is 1. The molecule has 0 aliphatic carbocycles. The van der Waals surface area contributed by atoms with E-state index < -0.39 is 11.5 Å². The molecule has 0 amide bonds. The lowest BCUT2D eigenvalue weighted by molar-refractivity contribution is -0.143. The number of hydrogen-bond donors (Lipinski definition) is 2. The summed E-state index contributed by atoms with van der Waals surface area (Å²) in [6.07, 6.45) is 1.43. The van der Waals surface area contributed by atoms with Crippen LogP contribution in [0.2, 0.25) is 0 Å². The Bertz CT molecular complexity index is 420. The van der Waals surface area contributed by atoms with E-state index in [2.05, 4.69) is 0 Å². The zero-order chi connectivity index (χ0) is 10.9. The second-order valence-electron chi connectivity index (χ2n) is 3.37. The number of rotatable bonds is 2. The van der Waals surface area contributed by atoms with Crippen molar-refractivity contribution in [3.8, 4) is 0 Å². The SMILES string of the molecule is Cn1cc([C@@](C)(N)C(=O)O)ccc1=O. The lowest BCUT2D eigenvalue weighted by Crippen LogP contribution is -2.42. The van der Waals surface area contributed by atoms with Crippen LogP contribution in [0.5, 0.6) is 0 Å². The minimum atomic E-state index is -1.47. The highest BCUT2D eigenvalue weighted by atomic mass is 16.4. The second kappa shape index (κ2) is 3.26. The molecule has 1 atom stereocenters. The number of carboxylic acid groups (broad SMARTS) is 1. The average molecular weight is 196 g/mol. The summed E-state index contributed by atoms with van der Waals surface area (Å²) in [5.74, 6) is -1.13. The molecule has 1 heterocycles. The van der Waals surface area contributed by atoms with E-state index in [9.17, 15) is 9.59 Å². The lowest BCUT2D eigenvalue weighted by Gasteiger charge is -2.19. The van der Waals surface area contributed by atoms with Crippen molar-refractivity contribution in [3.63, 3.8) is 0 Å². The molecule has 3 N–H and O–H groups in total. The first-order valence-corrected chi connectivity index (χ1v) is 4.05. The van der Waals surface area contributed by atoms with Gasteiger partial charge in [0, 0.05) is 19.3 Å². The molecule has 0 radical (unpaired) electrons. The Hall–Kier alpha value is -1.62. The molecule has 5 nitrogen and oxygen atoms in total. The van der Waals surface area contributed by atoms with Crippen LogP contribution in [-0.2, 0) is 17.4 Å². The van der Waals surface area contributed by atoms with Crippen LogP contribution in [0.1, 0.15) is 12.5 Å². The van der Waals surface area contributed by atoms with E-state index in [1.54, 1.807) is 7.05 Å². The van der Waals surface area contributed by atoms with Crippen molar-refractivity contribution >= 4 is 5.97 Å². The number of nitrogens with two attached hydrogens (primary N) is 1. The van der Waals surface area contributed by atoms with Gasteiger partial charge in [-0.15, -0.1) is 0 Å². The first-order valence-electron chi connectivity index (χ1n) is 4.05. The van der Waals surface area contributed by atoms with Crippen molar-refractivity contribution in [1.82, 2.24) is 4.57 Å². The molecular formula is C9H12N2O3. The fourth-order valence-electron chi connectivity index (χ4n) is 1.02. The molecule has 0 saturated carbocycles. The largest absolute Gasteiger partial charge is 0.480 e. The highest BCUT2D eigenvalue weighted by Gasteiger charge is 2.30. The van der Waals surface area contributed by atoms with Crippen molar-refractivity contribution in [1.29, 1.82) is 0 Å². The van der Waals surface area contributed by atoms with Gasteiger partial charge in [-0.05, 0) is 18.6 Å². The van der Waals surface area contributed by atoms with Crippen molar-refractivity contribution < 1.29 is 9.90 Å². The van der Waals surface area contributed by atoms with Crippen molar-refractivity contribution in [3.05, 3.63) is 34.2 Å². The van der Waals surface area contributed by atoms with Crippen LogP contribution in [0.4, 0.5) is 0 Å². The summed E-state index contributed by atoms with van der Waals surface area (Å²) in [6, 6.07) is 2.72. The van der Waals surface area contributed by atoms with Gasteiger partial charge in [-0.1, -0.05) is 0 Å². The van der Waals surface area contributed by atoms with Gasteiger partial charge in [0.15, 0.2) is 0 Å². The molecule has 0 aliphatic heterocycles. The van der Waals surface area contributed by atoms with E-state index >= 15 is 0 Å². The van der Waals surface area contributed by atoms with Crippen LogP contribution in [0.15, 0.2) is 23.1 Å². The number of carboxylic acids is 1. The van der Waals surface area contributed by atoms with Gasteiger partial charge in [-0.25, -0.2) is 4.79 Å². The zero-order valence-electron chi connectivity index (χ0n) is 8.02. The first kappa shape index (κ1) is 10.5. The first-order chi connectivity index (χ1) is 6.35. The van der Waals surface area contributed by atoms with E-state index in [-0.39, 0.29) is 5.56 Å². The molecule has 1 aromatic heterocycles. The fourth-order valence-corrected chi connectivity index (χ4v) is 1.02. The van der Waals surface area contributed by atoms with Crippen molar-refractivity contribution in [2.45, 2.75) is 12.5 Å². The summed E-state index contributed by atoms with van der Waals surface area (Å²) >= 11 is 0. The van der Waals surface area contributed by atoms with Gasteiger partial charge in [0.2, 0.25) is 5.56 Å². The third kappa shape index (κ3) is 1.67. The van der Waals surface area contributed by atoms with E-state index in [1.165, 1.54) is 29.8 Å². The molecule has 0 unspecified atom stereocenters. The van der Waals surface area contributed by atoms with Crippen LogP contribution in [0, 0.1) is 0 Å². The number of pyridine rings is 1.